The van der Waals surface area contributed by atoms with Crippen LogP contribution in [0, 0.1) is 0 Å². The second-order valence-electron chi connectivity index (χ2n) is 15.7. The van der Waals surface area contributed by atoms with Gasteiger partial charge in [0.15, 0.2) is 0 Å². The first-order valence-electron chi connectivity index (χ1n) is 22.3. The van der Waals surface area contributed by atoms with Crippen molar-refractivity contribution in [3.63, 3.8) is 0 Å². The molecule has 4 aromatic carbocycles. The molecule has 0 heterocycles. The Morgan fingerprint density at radius 2 is 1.26 bits per heavy atom. The van der Waals surface area contributed by atoms with Crippen LogP contribution >= 0.6 is 0 Å². The number of benzene rings is 4. The van der Waals surface area contributed by atoms with Crippen molar-refractivity contribution in [1.82, 2.24) is 0 Å². The Labute approximate surface area is 411 Å². The number of rotatable bonds is 29. The van der Waals surface area contributed by atoms with E-state index < -0.39 is 52.9 Å². The van der Waals surface area contributed by atoms with Crippen LogP contribution in [-0.4, -0.2) is 56.4 Å². The van der Waals surface area contributed by atoms with E-state index in [1.54, 1.807) is 50.2 Å². The minimum absolute atomic E-state index is 0. The smallest absolute Gasteiger partial charge is 0.545 e. The SMILES string of the molecule is CCCCCCCCCCCCCCCCCC(=NNc1ccc(OCC)c(S(=O)(=O)O)c1)C(C)=NNc1ccc(NC(=O)c2ccccc2)cc1S(=O)(=O)c1ccc(O)c(C(=O)[O-])c1.[Na+]. The van der Waals surface area contributed by atoms with E-state index in [2.05, 4.69) is 33.3 Å². The molecule has 1 amide bonds. The molecule has 0 bridgehead atoms. The van der Waals surface area contributed by atoms with Crippen molar-refractivity contribution in [3.05, 3.63) is 96.1 Å². The van der Waals surface area contributed by atoms with Crippen molar-refractivity contribution < 1.29 is 75.5 Å². The average Bonchev–Trinajstić information content (AvgIpc) is 3.28. The first-order valence-corrected chi connectivity index (χ1v) is 25.3. The molecule has 4 aromatic rings. The van der Waals surface area contributed by atoms with Gasteiger partial charge in [0, 0.05) is 16.8 Å². The molecule has 0 saturated heterocycles. The maximum atomic E-state index is 14.2. The van der Waals surface area contributed by atoms with Gasteiger partial charge in [-0.25, -0.2) is 8.42 Å². The number of carbonyl (C=O) groups is 2. The van der Waals surface area contributed by atoms with Gasteiger partial charge in [-0.05, 0) is 93.4 Å². The van der Waals surface area contributed by atoms with Crippen molar-refractivity contribution in [1.29, 1.82) is 0 Å². The quantitative estimate of drug-likeness (QED) is 0.0122. The van der Waals surface area contributed by atoms with Gasteiger partial charge in [-0.15, -0.1) is 0 Å². The summed E-state index contributed by atoms with van der Waals surface area (Å²) in [5.74, 6) is -2.99. The average molecular weight is 956 g/mol. The monoisotopic (exact) mass is 955 g/mol. The maximum absolute atomic E-state index is 14.2. The van der Waals surface area contributed by atoms with Crippen molar-refractivity contribution in [3.8, 4) is 11.5 Å². The van der Waals surface area contributed by atoms with Crippen LogP contribution in [0.15, 0.2) is 110 Å². The Morgan fingerprint density at radius 3 is 1.83 bits per heavy atom. The number of carboxylic acid groups (broad SMARTS) is 1. The molecule has 15 nitrogen and oxygen atoms in total. The van der Waals surface area contributed by atoms with Crippen LogP contribution in [0.3, 0.4) is 0 Å². The van der Waals surface area contributed by atoms with Crippen LogP contribution in [0.2, 0.25) is 0 Å². The predicted octanol–water partition coefficient (Wildman–Crippen LogP) is 7.01. The van der Waals surface area contributed by atoms with E-state index in [4.69, 9.17) is 4.74 Å². The summed E-state index contributed by atoms with van der Waals surface area (Å²) >= 11 is 0. The topological polar surface area (TPSA) is 236 Å². The number of sulfone groups is 1. The molecule has 66 heavy (non-hydrogen) atoms. The Balaban J connectivity index is 0.0000116. The fourth-order valence-electron chi connectivity index (χ4n) is 7.06. The zero-order valence-corrected chi connectivity index (χ0v) is 42.1. The summed E-state index contributed by atoms with van der Waals surface area (Å²) in [6.45, 7) is 5.75. The number of hydrogen-bond acceptors (Lipinski definition) is 13. The molecule has 0 atom stereocenters. The van der Waals surface area contributed by atoms with Gasteiger partial charge in [0.25, 0.3) is 16.0 Å². The zero-order valence-electron chi connectivity index (χ0n) is 38.5. The van der Waals surface area contributed by atoms with Gasteiger partial charge >= 0.3 is 29.6 Å². The second kappa shape index (κ2) is 28.4. The van der Waals surface area contributed by atoms with Crippen molar-refractivity contribution >= 4 is 60.3 Å². The van der Waals surface area contributed by atoms with E-state index in [1.807, 2.05) is 0 Å². The number of hydrogen-bond donors (Lipinski definition) is 5. The Kier molecular flexibility index (Phi) is 23.9. The maximum Gasteiger partial charge on any atom is 1.00 e. The van der Waals surface area contributed by atoms with Crippen LogP contribution in [0.5, 0.6) is 11.5 Å². The molecule has 5 N–H and O–H groups in total. The molecule has 0 radical (unpaired) electrons. The molecule has 4 rings (SSSR count). The second-order valence-corrected chi connectivity index (χ2v) is 19.1. The number of nitrogens with one attached hydrogen (secondary N) is 3. The van der Waals surface area contributed by atoms with Crippen molar-refractivity contribution in [2.75, 3.05) is 22.8 Å². The van der Waals surface area contributed by atoms with E-state index in [1.165, 1.54) is 94.5 Å². The van der Waals surface area contributed by atoms with Crippen LogP contribution in [0.4, 0.5) is 17.1 Å². The summed E-state index contributed by atoms with van der Waals surface area (Å²) in [7, 11) is -9.19. The van der Waals surface area contributed by atoms with Gasteiger partial charge in [-0.1, -0.05) is 115 Å². The number of phenols is 1. The molecule has 0 saturated carbocycles. The van der Waals surface area contributed by atoms with Gasteiger partial charge < -0.3 is 25.1 Å². The number of carboxylic acids is 1. The van der Waals surface area contributed by atoms with Crippen LogP contribution < -0.4 is 55.6 Å². The van der Waals surface area contributed by atoms with Crippen LogP contribution in [-0.2, 0) is 20.0 Å². The summed E-state index contributed by atoms with van der Waals surface area (Å²) in [6, 6.07) is 19.3. The third-order valence-corrected chi connectivity index (χ3v) is 13.3. The number of aromatic hydroxyl groups is 1. The van der Waals surface area contributed by atoms with Gasteiger partial charge in [0.1, 0.15) is 16.4 Å². The van der Waals surface area contributed by atoms with E-state index in [9.17, 15) is 41.2 Å². The Morgan fingerprint density at radius 1 is 0.682 bits per heavy atom. The number of amides is 1. The summed E-state index contributed by atoms with van der Waals surface area (Å²) < 4.78 is 68.1. The van der Waals surface area contributed by atoms with E-state index in [-0.39, 0.29) is 63.9 Å². The minimum Gasteiger partial charge on any atom is -0.545 e. The number of unbranched alkanes of at least 4 members (excludes halogenated alkanes) is 14. The summed E-state index contributed by atoms with van der Waals surface area (Å²) in [4.78, 5) is 23.5. The summed E-state index contributed by atoms with van der Waals surface area (Å²) in [5.41, 5.74) is 6.39. The van der Waals surface area contributed by atoms with Crippen molar-refractivity contribution in [2.45, 2.75) is 138 Å². The third-order valence-electron chi connectivity index (χ3n) is 10.7. The normalized spacial score (nSPS) is 12.0. The molecular weight excluding hydrogens is 894 g/mol. The largest absolute Gasteiger partial charge is 1.00 e. The summed E-state index contributed by atoms with van der Waals surface area (Å²) in [5, 5.41) is 33.6. The van der Waals surface area contributed by atoms with Crippen LogP contribution in [0.25, 0.3) is 0 Å². The van der Waals surface area contributed by atoms with E-state index >= 15 is 0 Å². The molecule has 0 fully saturated rings. The van der Waals surface area contributed by atoms with Gasteiger partial charge in [0.2, 0.25) is 9.84 Å². The molecule has 18 heteroatoms. The number of ether oxygens (including phenoxy) is 1. The first kappa shape index (κ1) is 55.5. The van der Waals surface area contributed by atoms with E-state index in [0.717, 1.165) is 50.3 Å². The molecule has 0 aromatic heterocycles. The molecule has 0 spiro atoms. The first-order chi connectivity index (χ1) is 31.1. The molecule has 0 aliphatic heterocycles. The number of aromatic carboxylic acids is 1. The number of carbonyl (C=O) groups excluding carboxylic acids is 2. The minimum atomic E-state index is -4.64. The van der Waals surface area contributed by atoms with Crippen molar-refractivity contribution in [2.24, 2.45) is 10.2 Å². The Bertz CT molecular complexity index is 2480. The fourth-order valence-corrected chi connectivity index (χ4v) is 9.17. The van der Waals surface area contributed by atoms with Crippen LogP contribution in [0.1, 0.15) is 144 Å². The van der Waals surface area contributed by atoms with Gasteiger partial charge in [-0.2, -0.15) is 18.6 Å². The number of nitrogens with zero attached hydrogens (tertiary/aromatic N) is 2. The van der Waals surface area contributed by atoms with E-state index in [0.29, 0.717) is 23.4 Å². The van der Waals surface area contributed by atoms with Gasteiger partial charge in [0.05, 0.1) is 45.2 Å². The molecular formula is C48H62N5NaO10S2. The number of hydrazone groups is 2. The third kappa shape index (κ3) is 17.8. The molecule has 0 unspecified atom stereocenters. The fraction of sp³-hybridized carbons (Fsp3) is 0.417. The standard InChI is InChI=1S/C48H63N5O10S2.Na/c1-4-6-7-8-9-10-11-12-13-14-15-16-17-18-22-25-41(52-51-38-27-31-44(63-5-2)46(33-38)65(60,61)62)35(3)50-53-42-29-26-37(49-47(55)36-23-20-19-21-24-36)32-45(42)64(58,59)39-28-30-43(54)40(34-39)48(56)57;/h19-21,23-24,26-34,51,53-54H,4-18,22,25H2,1-3H3,(H,49,55)(H,56,57)(H,60,61,62);/q;+1/p-1. The summed E-state index contributed by atoms with van der Waals surface area (Å²) in [6.07, 6.45) is 18.3. The zero-order chi connectivity index (χ0) is 47.2. The molecule has 352 valence electrons. The molecule has 0 aliphatic carbocycles. The molecule has 0 aliphatic rings. The van der Waals surface area contributed by atoms with Gasteiger partial charge in [-0.3, -0.25) is 20.2 Å². The number of anilines is 3. The Hall–Kier alpha value is -4.78. The predicted molar refractivity (Wildman–Crippen MR) is 253 cm³/mol.